The molecule has 0 aliphatic rings. The van der Waals surface area contributed by atoms with E-state index >= 15 is 0 Å². The molecule has 0 unspecified atom stereocenters. The molecule has 0 saturated carbocycles. The first kappa shape index (κ1) is 13.6. The predicted octanol–water partition coefficient (Wildman–Crippen LogP) is 2.97. The lowest BCUT2D eigenvalue weighted by molar-refractivity contribution is 0.387. The van der Waals surface area contributed by atoms with Crippen LogP contribution in [0, 0.1) is 0 Å². The third kappa shape index (κ3) is 2.76. The van der Waals surface area contributed by atoms with Gasteiger partial charge in [-0.3, -0.25) is 0 Å². The highest BCUT2D eigenvalue weighted by Gasteiger charge is 2.12. The molecular formula is C17H19N3O. The van der Waals surface area contributed by atoms with Gasteiger partial charge in [0, 0.05) is 18.7 Å². The molecule has 0 aliphatic carbocycles. The summed E-state index contributed by atoms with van der Waals surface area (Å²) < 4.78 is 2.24. The molecular weight excluding hydrogens is 262 g/mol. The molecule has 1 aromatic heterocycles. The molecule has 0 radical (unpaired) electrons. The fourth-order valence-electron chi connectivity index (χ4n) is 2.43. The summed E-state index contributed by atoms with van der Waals surface area (Å²) in [6.45, 7) is 1.83. The van der Waals surface area contributed by atoms with Gasteiger partial charge in [-0.25, -0.2) is 4.98 Å². The van der Waals surface area contributed by atoms with Crippen molar-refractivity contribution in [2.75, 3.05) is 20.6 Å². The number of para-hydroxylation sites is 2. The highest BCUT2D eigenvalue weighted by atomic mass is 16.3. The molecule has 0 fully saturated rings. The first-order valence-corrected chi connectivity index (χ1v) is 7.04. The molecule has 2 aromatic carbocycles. The number of imidazole rings is 1. The number of phenols is 1. The van der Waals surface area contributed by atoms with Crippen LogP contribution in [-0.2, 0) is 6.54 Å². The summed E-state index contributed by atoms with van der Waals surface area (Å²) in [5.74, 6) is 1.22. The van der Waals surface area contributed by atoms with E-state index in [2.05, 4.69) is 29.6 Å². The van der Waals surface area contributed by atoms with E-state index in [1.54, 1.807) is 12.1 Å². The SMILES string of the molecule is CN(C)CCn1c(-c2ccc(O)cc2)nc2ccccc21. The molecule has 0 atom stereocenters. The van der Waals surface area contributed by atoms with E-state index in [9.17, 15) is 5.11 Å². The Labute approximate surface area is 124 Å². The summed E-state index contributed by atoms with van der Waals surface area (Å²) in [6.07, 6.45) is 0. The third-order valence-electron chi connectivity index (χ3n) is 3.55. The number of aromatic nitrogens is 2. The van der Waals surface area contributed by atoms with Crippen LogP contribution in [0.25, 0.3) is 22.4 Å². The van der Waals surface area contributed by atoms with E-state index in [4.69, 9.17) is 4.98 Å². The average molecular weight is 281 g/mol. The van der Waals surface area contributed by atoms with Gasteiger partial charge in [0.1, 0.15) is 11.6 Å². The van der Waals surface area contributed by atoms with Gasteiger partial charge in [-0.2, -0.15) is 0 Å². The number of nitrogens with zero attached hydrogens (tertiary/aromatic N) is 3. The minimum atomic E-state index is 0.273. The molecule has 3 aromatic rings. The summed E-state index contributed by atoms with van der Waals surface area (Å²) >= 11 is 0. The van der Waals surface area contributed by atoms with Crippen molar-refractivity contribution in [2.24, 2.45) is 0 Å². The summed E-state index contributed by atoms with van der Waals surface area (Å²) in [5, 5.41) is 9.45. The van der Waals surface area contributed by atoms with Crippen molar-refractivity contribution < 1.29 is 5.11 Å². The average Bonchev–Trinajstić information content (AvgIpc) is 2.84. The first-order chi connectivity index (χ1) is 10.1. The van der Waals surface area contributed by atoms with Gasteiger partial charge in [-0.05, 0) is 50.5 Å². The van der Waals surface area contributed by atoms with Crippen LogP contribution >= 0.6 is 0 Å². The van der Waals surface area contributed by atoms with E-state index in [1.807, 2.05) is 30.3 Å². The van der Waals surface area contributed by atoms with E-state index < -0.39 is 0 Å². The maximum absolute atomic E-state index is 9.45. The molecule has 108 valence electrons. The Morgan fingerprint density at radius 3 is 2.48 bits per heavy atom. The maximum Gasteiger partial charge on any atom is 0.141 e. The summed E-state index contributed by atoms with van der Waals surface area (Å²) in [6, 6.07) is 15.4. The van der Waals surface area contributed by atoms with Crippen LogP contribution in [0.2, 0.25) is 0 Å². The number of rotatable bonds is 4. The van der Waals surface area contributed by atoms with Crippen LogP contribution in [0.4, 0.5) is 0 Å². The Kier molecular flexibility index (Phi) is 3.62. The molecule has 0 bridgehead atoms. The van der Waals surface area contributed by atoms with Crippen LogP contribution in [0.1, 0.15) is 0 Å². The molecule has 1 heterocycles. The lowest BCUT2D eigenvalue weighted by Gasteiger charge is -2.13. The van der Waals surface area contributed by atoms with Crippen molar-refractivity contribution in [1.29, 1.82) is 0 Å². The third-order valence-corrected chi connectivity index (χ3v) is 3.55. The Hall–Kier alpha value is -2.33. The normalized spacial score (nSPS) is 11.4. The molecule has 0 amide bonds. The standard InChI is InChI=1S/C17H19N3O/c1-19(2)11-12-20-16-6-4-3-5-15(16)18-17(20)13-7-9-14(21)10-8-13/h3-10,21H,11-12H2,1-2H3. The largest absolute Gasteiger partial charge is 0.508 e. The van der Waals surface area contributed by atoms with Crippen LogP contribution < -0.4 is 0 Å². The van der Waals surface area contributed by atoms with Gasteiger partial charge in [0.2, 0.25) is 0 Å². The van der Waals surface area contributed by atoms with Crippen molar-refractivity contribution in [3.63, 3.8) is 0 Å². The minimum Gasteiger partial charge on any atom is -0.508 e. The van der Waals surface area contributed by atoms with Crippen molar-refractivity contribution in [3.8, 4) is 17.1 Å². The van der Waals surface area contributed by atoms with E-state index in [-0.39, 0.29) is 5.75 Å². The number of benzene rings is 2. The van der Waals surface area contributed by atoms with Gasteiger partial charge in [0.05, 0.1) is 11.0 Å². The van der Waals surface area contributed by atoms with Crippen molar-refractivity contribution in [1.82, 2.24) is 14.5 Å². The lowest BCUT2D eigenvalue weighted by Crippen LogP contribution is -2.18. The molecule has 3 rings (SSSR count). The van der Waals surface area contributed by atoms with E-state index in [1.165, 1.54) is 0 Å². The maximum atomic E-state index is 9.45. The summed E-state index contributed by atoms with van der Waals surface area (Å²) in [5.41, 5.74) is 3.16. The highest BCUT2D eigenvalue weighted by molar-refractivity contribution is 5.80. The summed E-state index contributed by atoms with van der Waals surface area (Å²) in [4.78, 5) is 6.92. The predicted molar refractivity (Wildman–Crippen MR) is 85.4 cm³/mol. The van der Waals surface area contributed by atoms with Crippen molar-refractivity contribution in [3.05, 3.63) is 48.5 Å². The molecule has 4 heteroatoms. The monoisotopic (exact) mass is 281 g/mol. The molecule has 4 nitrogen and oxygen atoms in total. The zero-order valence-electron chi connectivity index (χ0n) is 12.3. The number of aromatic hydroxyl groups is 1. The second-order valence-corrected chi connectivity index (χ2v) is 5.43. The zero-order chi connectivity index (χ0) is 14.8. The Morgan fingerprint density at radius 1 is 1.05 bits per heavy atom. The Balaban J connectivity index is 2.11. The van der Waals surface area contributed by atoms with Crippen LogP contribution in [0.15, 0.2) is 48.5 Å². The van der Waals surface area contributed by atoms with Crippen molar-refractivity contribution >= 4 is 11.0 Å². The molecule has 0 aliphatic heterocycles. The van der Waals surface area contributed by atoms with Crippen LogP contribution in [-0.4, -0.2) is 40.2 Å². The summed E-state index contributed by atoms with van der Waals surface area (Å²) in [7, 11) is 4.14. The molecule has 0 spiro atoms. The second-order valence-electron chi connectivity index (χ2n) is 5.43. The lowest BCUT2D eigenvalue weighted by atomic mass is 10.2. The Bertz CT molecular complexity index is 744. The van der Waals surface area contributed by atoms with Crippen molar-refractivity contribution in [2.45, 2.75) is 6.54 Å². The van der Waals surface area contributed by atoms with Crippen LogP contribution in [0.5, 0.6) is 5.75 Å². The fourth-order valence-corrected chi connectivity index (χ4v) is 2.43. The smallest absolute Gasteiger partial charge is 0.141 e. The van der Waals surface area contributed by atoms with Crippen LogP contribution in [0.3, 0.4) is 0 Å². The quantitative estimate of drug-likeness (QED) is 0.799. The van der Waals surface area contributed by atoms with Gasteiger partial charge in [0.25, 0.3) is 0 Å². The molecule has 1 N–H and O–H groups in total. The number of fused-ring (bicyclic) bond motifs is 1. The van der Waals surface area contributed by atoms with Gasteiger partial charge in [0.15, 0.2) is 0 Å². The zero-order valence-corrected chi connectivity index (χ0v) is 12.3. The number of likely N-dealkylation sites (N-methyl/N-ethyl adjacent to an activating group) is 1. The minimum absolute atomic E-state index is 0.273. The Morgan fingerprint density at radius 2 is 1.76 bits per heavy atom. The molecule has 21 heavy (non-hydrogen) atoms. The molecule has 0 saturated heterocycles. The van der Waals surface area contributed by atoms with Gasteiger partial charge >= 0.3 is 0 Å². The number of hydrogen-bond donors (Lipinski definition) is 1. The number of hydrogen-bond acceptors (Lipinski definition) is 3. The topological polar surface area (TPSA) is 41.3 Å². The first-order valence-electron chi connectivity index (χ1n) is 7.04. The number of phenolic OH excluding ortho intramolecular Hbond substituents is 1. The fraction of sp³-hybridized carbons (Fsp3) is 0.235. The van der Waals surface area contributed by atoms with Gasteiger partial charge < -0.3 is 14.6 Å². The van der Waals surface area contributed by atoms with Gasteiger partial charge in [-0.1, -0.05) is 12.1 Å². The van der Waals surface area contributed by atoms with E-state index in [0.29, 0.717) is 0 Å². The highest BCUT2D eigenvalue weighted by Crippen LogP contribution is 2.26. The van der Waals surface area contributed by atoms with Gasteiger partial charge in [-0.15, -0.1) is 0 Å². The van der Waals surface area contributed by atoms with E-state index in [0.717, 1.165) is 35.5 Å². The second kappa shape index (κ2) is 5.58.